The number of urea groups is 1. The third-order valence-corrected chi connectivity index (χ3v) is 7.74. The Morgan fingerprint density at radius 2 is 2.00 bits per heavy atom. The van der Waals surface area contributed by atoms with Crippen molar-refractivity contribution in [3.63, 3.8) is 0 Å². The maximum absolute atomic E-state index is 14.3. The van der Waals surface area contributed by atoms with Gasteiger partial charge >= 0.3 is 6.03 Å². The predicted octanol–water partition coefficient (Wildman–Crippen LogP) is 3.40. The van der Waals surface area contributed by atoms with Crippen LogP contribution in [0.1, 0.15) is 43.2 Å². The maximum atomic E-state index is 14.3. The first-order valence-corrected chi connectivity index (χ1v) is 13.3. The van der Waals surface area contributed by atoms with Crippen molar-refractivity contribution in [1.29, 1.82) is 5.41 Å². The van der Waals surface area contributed by atoms with Crippen LogP contribution in [0.15, 0.2) is 35.8 Å². The van der Waals surface area contributed by atoms with Gasteiger partial charge in [-0.05, 0) is 62.0 Å². The van der Waals surface area contributed by atoms with Crippen LogP contribution in [0.3, 0.4) is 0 Å². The minimum Gasteiger partial charge on any atom is -0.385 e. The summed E-state index contributed by atoms with van der Waals surface area (Å²) in [5, 5.41) is 23.2. The molecule has 3 aliphatic heterocycles. The van der Waals surface area contributed by atoms with Crippen LogP contribution in [-0.2, 0) is 13.5 Å². The van der Waals surface area contributed by atoms with Crippen molar-refractivity contribution in [3.8, 4) is 11.1 Å². The molecule has 0 unspecified atom stereocenters. The summed E-state index contributed by atoms with van der Waals surface area (Å²) in [7, 11) is 3.37. The highest BCUT2D eigenvalue weighted by atomic mass is 19.3. The number of piperidine rings is 1. The summed E-state index contributed by atoms with van der Waals surface area (Å²) in [5.74, 6) is 0.269. The van der Waals surface area contributed by atoms with Crippen molar-refractivity contribution in [3.05, 3.63) is 46.9 Å². The molecule has 4 N–H and O–H groups in total. The Bertz CT molecular complexity index is 1230. The van der Waals surface area contributed by atoms with Crippen LogP contribution >= 0.6 is 0 Å². The lowest BCUT2D eigenvalue weighted by atomic mass is 9.92. The molecule has 9 nitrogen and oxygen atoms in total. The minimum absolute atomic E-state index is 0.0610. The SMILES string of the molecule is CNC(=O)N1CCC(NC2CCNCC2)=C(C(=N)N2CCCc3cc(-c4cnn(C)c4)c(C(F)F)cc32)C1. The second-order valence-corrected chi connectivity index (χ2v) is 10.2. The molecule has 0 radical (unpaired) electrons. The summed E-state index contributed by atoms with van der Waals surface area (Å²) in [6.07, 6.45) is 4.85. The lowest BCUT2D eigenvalue weighted by molar-refractivity contribution is 0.152. The van der Waals surface area contributed by atoms with E-state index in [1.54, 1.807) is 42.1 Å². The highest BCUT2D eigenvalue weighted by Crippen LogP contribution is 2.39. The topological polar surface area (TPSA) is 101 Å². The summed E-state index contributed by atoms with van der Waals surface area (Å²) in [4.78, 5) is 16.0. The second-order valence-electron chi connectivity index (χ2n) is 10.2. The number of amidine groups is 1. The molecule has 1 saturated heterocycles. The van der Waals surface area contributed by atoms with Gasteiger partial charge in [0.15, 0.2) is 0 Å². The molecule has 1 aromatic carbocycles. The molecule has 0 atom stereocenters. The fourth-order valence-electron chi connectivity index (χ4n) is 5.72. The zero-order chi connectivity index (χ0) is 26.8. The molecule has 3 aliphatic rings. The van der Waals surface area contributed by atoms with Gasteiger partial charge < -0.3 is 25.8 Å². The number of rotatable bonds is 5. The molecule has 204 valence electrons. The number of aromatic nitrogens is 2. The van der Waals surface area contributed by atoms with Crippen LogP contribution in [0.25, 0.3) is 11.1 Å². The van der Waals surface area contributed by atoms with Crippen molar-refractivity contribution in [2.45, 2.75) is 44.6 Å². The number of carbonyl (C=O) groups is 1. The van der Waals surface area contributed by atoms with Gasteiger partial charge in [0.2, 0.25) is 0 Å². The van der Waals surface area contributed by atoms with Crippen molar-refractivity contribution < 1.29 is 13.6 Å². The molecule has 4 heterocycles. The van der Waals surface area contributed by atoms with Gasteiger partial charge in [-0.15, -0.1) is 0 Å². The smallest absolute Gasteiger partial charge is 0.317 e. The predicted molar refractivity (Wildman–Crippen MR) is 144 cm³/mol. The van der Waals surface area contributed by atoms with E-state index in [0.29, 0.717) is 48.9 Å². The largest absolute Gasteiger partial charge is 0.385 e. The van der Waals surface area contributed by atoms with Crippen molar-refractivity contribution in [1.82, 2.24) is 30.6 Å². The summed E-state index contributed by atoms with van der Waals surface area (Å²) < 4.78 is 30.2. The zero-order valence-corrected chi connectivity index (χ0v) is 22.0. The number of alkyl halides is 2. The average molecular weight is 527 g/mol. The van der Waals surface area contributed by atoms with E-state index < -0.39 is 6.43 Å². The molecule has 1 aromatic heterocycles. The normalized spacial score (nSPS) is 18.6. The van der Waals surface area contributed by atoms with Crippen molar-refractivity contribution in [2.24, 2.45) is 7.05 Å². The van der Waals surface area contributed by atoms with Gasteiger partial charge in [0.1, 0.15) is 5.84 Å². The molecule has 1 fully saturated rings. The van der Waals surface area contributed by atoms with E-state index in [2.05, 4.69) is 21.0 Å². The molecule has 5 rings (SSSR count). The van der Waals surface area contributed by atoms with Gasteiger partial charge in [0.05, 0.1) is 12.7 Å². The van der Waals surface area contributed by atoms with Crippen LogP contribution in [0.4, 0.5) is 19.3 Å². The van der Waals surface area contributed by atoms with E-state index in [1.165, 1.54) is 0 Å². The molecular weight excluding hydrogens is 490 g/mol. The third-order valence-electron chi connectivity index (χ3n) is 7.74. The summed E-state index contributed by atoms with van der Waals surface area (Å²) in [6.45, 7) is 3.30. The number of hydrogen-bond donors (Lipinski definition) is 4. The summed E-state index contributed by atoms with van der Waals surface area (Å²) >= 11 is 0. The van der Waals surface area contributed by atoms with E-state index >= 15 is 0 Å². The first-order chi connectivity index (χ1) is 18.4. The van der Waals surface area contributed by atoms with Gasteiger partial charge in [0, 0.05) is 73.9 Å². The molecule has 11 heteroatoms. The lowest BCUT2D eigenvalue weighted by Gasteiger charge is -2.38. The zero-order valence-electron chi connectivity index (χ0n) is 22.0. The Labute approximate surface area is 221 Å². The maximum Gasteiger partial charge on any atom is 0.317 e. The van der Waals surface area contributed by atoms with Crippen LogP contribution < -0.4 is 20.9 Å². The van der Waals surface area contributed by atoms with Crippen molar-refractivity contribution in [2.75, 3.05) is 44.7 Å². The van der Waals surface area contributed by atoms with Crippen LogP contribution in [-0.4, -0.2) is 72.4 Å². The highest BCUT2D eigenvalue weighted by Gasteiger charge is 2.32. The number of benzene rings is 1. The van der Waals surface area contributed by atoms with Crippen LogP contribution in [0.2, 0.25) is 0 Å². The number of aryl methyl sites for hydroxylation is 2. The van der Waals surface area contributed by atoms with Gasteiger partial charge in [0.25, 0.3) is 6.43 Å². The molecule has 0 saturated carbocycles. The Kier molecular flexibility index (Phi) is 7.64. The molecule has 0 aliphatic carbocycles. The van der Waals surface area contributed by atoms with E-state index in [4.69, 9.17) is 0 Å². The molecule has 38 heavy (non-hydrogen) atoms. The Balaban J connectivity index is 1.51. The second kappa shape index (κ2) is 11.1. The first kappa shape index (κ1) is 26.1. The van der Waals surface area contributed by atoms with Crippen LogP contribution in [0.5, 0.6) is 0 Å². The van der Waals surface area contributed by atoms with Gasteiger partial charge in [-0.1, -0.05) is 0 Å². The van der Waals surface area contributed by atoms with Gasteiger partial charge in [-0.25, -0.2) is 13.6 Å². The van der Waals surface area contributed by atoms with Crippen LogP contribution in [0, 0.1) is 5.41 Å². The summed E-state index contributed by atoms with van der Waals surface area (Å²) in [6, 6.07) is 3.52. The average Bonchev–Trinajstić information content (AvgIpc) is 3.38. The fraction of sp³-hybridized carbons (Fsp3) is 0.519. The van der Waals surface area contributed by atoms with Gasteiger partial charge in [-0.3, -0.25) is 10.1 Å². The quantitative estimate of drug-likeness (QED) is 0.354. The number of carbonyl (C=O) groups excluding carboxylic acids is 1. The number of nitrogens with zero attached hydrogens (tertiary/aromatic N) is 4. The number of halogens is 2. The monoisotopic (exact) mass is 526 g/mol. The van der Waals surface area contributed by atoms with E-state index in [0.717, 1.165) is 55.6 Å². The number of fused-ring (bicyclic) bond motifs is 1. The molecular formula is C27H36F2N8O. The Hall–Kier alpha value is -3.47. The van der Waals surface area contributed by atoms with E-state index in [1.807, 2.05) is 11.0 Å². The number of hydrogen-bond acceptors (Lipinski definition) is 5. The summed E-state index contributed by atoms with van der Waals surface area (Å²) in [5.41, 5.74) is 4.40. The lowest BCUT2D eigenvalue weighted by Crippen LogP contribution is -2.49. The van der Waals surface area contributed by atoms with Crippen molar-refractivity contribution >= 4 is 17.6 Å². The number of anilines is 1. The Morgan fingerprint density at radius 1 is 1.21 bits per heavy atom. The number of amides is 2. The fourth-order valence-corrected chi connectivity index (χ4v) is 5.72. The standard InChI is InChI=1S/C27H36F2N8O/c1-31-27(38)36-11-7-23(34-19-5-8-32-9-6-19)22(16-36)26(30)37-10-3-4-17-12-20(18-14-33-35(2)15-18)21(25(28)29)13-24(17)37/h12-15,19,25,30,32,34H,3-11,16H2,1-2H3,(H,31,38). The highest BCUT2D eigenvalue weighted by molar-refractivity contribution is 6.09. The number of nitrogens with one attached hydrogen (secondary N) is 4. The minimum atomic E-state index is -2.66. The molecule has 2 aromatic rings. The molecule has 0 spiro atoms. The molecule has 2 amide bonds. The van der Waals surface area contributed by atoms with E-state index in [9.17, 15) is 19.0 Å². The molecule has 0 bridgehead atoms. The first-order valence-electron chi connectivity index (χ1n) is 13.3. The Morgan fingerprint density at radius 3 is 2.68 bits per heavy atom. The van der Waals surface area contributed by atoms with E-state index in [-0.39, 0.29) is 17.4 Å². The van der Waals surface area contributed by atoms with Gasteiger partial charge in [-0.2, -0.15) is 5.10 Å². The third kappa shape index (κ3) is 5.24.